The lowest BCUT2D eigenvalue weighted by molar-refractivity contribution is -0.385. The highest BCUT2D eigenvalue weighted by molar-refractivity contribution is 5.96. The summed E-state index contributed by atoms with van der Waals surface area (Å²) in [5, 5.41) is 20.1. The number of hydrogen-bond donors (Lipinski definition) is 1. The molecule has 1 saturated heterocycles. The molecule has 8 heteroatoms. The molecule has 0 radical (unpaired) electrons. The highest BCUT2D eigenvalue weighted by Crippen LogP contribution is 2.31. The summed E-state index contributed by atoms with van der Waals surface area (Å²) in [6, 6.07) is 2.61. The van der Waals surface area contributed by atoms with Crippen LogP contribution in [0.3, 0.4) is 0 Å². The summed E-state index contributed by atoms with van der Waals surface area (Å²) in [5.41, 5.74) is 0.392. The normalized spacial score (nSPS) is 17.2. The molecule has 0 aliphatic carbocycles. The van der Waals surface area contributed by atoms with E-state index in [9.17, 15) is 19.7 Å². The number of nitro groups is 1. The minimum Gasteiger partial charge on any atom is -0.496 e. The molecule has 0 bridgehead atoms. The summed E-state index contributed by atoms with van der Waals surface area (Å²) in [6.45, 7) is 2.09. The number of aliphatic carboxylic acids is 1. The van der Waals surface area contributed by atoms with Gasteiger partial charge in [-0.3, -0.25) is 19.7 Å². The van der Waals surface area contributed by atoms with Gasteiger partial charge in [0.2, 0.25) is 0 Å². The van der Waals surface area contributed by atoms with Crippen molar-refractivity contribution in [2.75, 3.05) is 13.7 Å². The third-order valence-electron chi connectivity index (χ3n) is 4.58. The molecular formula is C17H22N2O6. The molecule has 8 nitrogen and oxygen atoms in total. The van der Waals surface area contributed by atoms with Crippen molar-refractivity contribution in [3.63, 3.8) is 0 Å². The molecule has 1 heterocycles. The van der Waals surface area contributed by atoms with Crippen LogP contribution in [0.15, 0.2) is 12.1 Å². The maximum atomic E-state index is 12.9. The minimum absolute atomic E-state index is 0.00812. The van der Waals surface area contributed by atoms with E-state index in [2.05, 4.69) is 0 Å². The first-order valence-electron chi connectivity index (χ1n) is 8.21. The van der Waals surface area contributed by atoms with Gasteiger partial charge < -0.3 is 14.7 Å². The van der Waals surface area contributed by atoms with Crippen molar-refractivity contribution in [1.82, 2.24) is 4.90 Å². The fourth-order valence-corrected chi connectivity index (χ4v) is 3.22. The molecule has 1 aliphatic rings. The van der Waals surface area contributed by atoms with E-state index in [1.54, 1.807) is 11.8 Å². The lowest BCUT2D eigenvalue weighted by atomic mass is 9.96. The number of piperidine rings is 1. The van der Waals surface area contributed by atoms with E-state index < -0.39 is 10.9 Å². The average molecular weight is 350 g/mol. The van der Waals surface area contributed by atoms with E-state index in [0.29, 0.717) is 18.5 Å². The molecule has 1 fully saturated rings. The lowest BCUT2D eigenvalue weighted by Crippen LogP contribution is -2.44. The van der Waals surface area contributed by atoms with Crippen molar-refractivity contribution in [1.29, 1.82) is 0 Å². The number of hydrogen-bond acceptors (Lipinski definition) is 5. The van der Waals surface area contributed by atoms with Gasteiger partial charge in [0, 0.05) is 25.1 Å². The molecule has 1 atom stereocenters. The van der Waals surface area contributed by atoms with Gasteiger partial charge in [-0.15, -0.1) is 0 Å². The van der Waals surface area contributed by atoms with Crippen LogP contribution < -0.4 is 4.74 Å². The molecular weight excluding hydrogens is 328 g/mol. The standard InChI is InChI=1S/C17H22N2O6/c1-11-14(19(23)24)9-12(10-15(11)25-2)17(22)18-8-4-3-5-13(18)6-7-16(20)21/h9-10,13H,3-8H2,1-2H3,(H,20,21). The van der Waals surface area contributed by atoms with Crippen LogP contribution in [0.25, 0.3) is 0 Å². The molecule has 1 N–H and O–H groups in total. The molecule has 25 heavy (non-hydrogen) atoms. The minimum atomic E-state index is -0.898. The molecule has 1 amide bonds. The molecule has 136 valence electrons. The number of ether oxygens (including phenoxy) is 1. The lowest BCUT2D eigenvalue weighted by Gasteiger charge is -2.35. The van der Waals surface area contributed by atoms with E-state index in [4.69, 9.17) is 9.84 Å². The van der Waals surface area contributed by atoms with Gasteiger partial charge >= 0.3 is 5.97 Å². The Morgan fingerprint density at radius 2 is 2.12 bits per heavy atom. The molecule has 1 aliphatic heterocycles. The molecule has 1 unspecified atom stereocenters. The smallest absolute Gasteiger partial charge is 0.303 e. The molecule has 1 aromatic carbocycles. The number of nitro benzene ring substituents is 1. The zero-order valence-corrected chi connectivity index (χ0v) is 14.4. The molecule has 2 rings (SSSR count). The Hall–Kier alpha value is -2.64. The number of methoxy groups -OCH3 is 1. The predicted molar refractivity (Wildman–Crippen MR) is 89.9 cm³/mol. The highest BCUT2D eigenvalue weighted by atomic mass is 16.6. The molecule has 0 spiro atoms. The quantitative estimate of drug-likeness (QED) is 0.624. The number of likely N-dealkylation sites (tertiary alicyclic amines) is 1. The summed E-state index contributed by atoms with van der Waals surface area (Å²) in [6.07, 6.45) is 2.88. The third kappa shape index (κ3) is 4.26. The zero-order valence-electron chi connectivity index (χ0n) is 14.4. The van der Waals surface area contributed by atoms with Crippen molar-refractivity contribution < 1.29 is 24.4 Å². The Balaban J connectivity index is 2.32. The Labute approximate surface area is 145 Å². The van der Waals surface area contributed by atoms with Crippen molar-refractivity contribution in [2.24, 2.45) is 0 Å². The van der Waals surface area contributed by atoms with Gasteiger partial charge in [0.15, 0.2) is 0 Å². The fourth-order valence-electron chi connectivity index (χ4n) is 3.22. The van der Waals surface area contributed by atoms with Crippen molar-refractivity contribution >= 4 is 17.6 Å². The van der Waals surface area contributed by atoms with Gasteiger partial charge in [-0.25, -0.2) is 0 Å². The number of carbonyl (C=O) groups is 2. The van der Waals surface area contributed by atoms with Crippen molar-refractivity contribution in [3.05, 3.63) is 33.4 Å². The number of carboxylic acid groups (broad SMARTS) is 1. The summed E-state index contributed by atoms with van der Waals surface area (Å²) in [5.74, 6) is -0.932. The maximum absolute atomic E-state index is 12.9. The van der Waals surface area contributed by atoms with E-state index >= 15 is 0 Å². The molecule has 0 saturated carbocycles. The van der Waals surface area contributed by atoms with Crippen LogP contribution in [0.1, 0.15) is 48.0 Å². The Bertz CT molecular complexity index is 688. The van der Waals surface area contributed by atoms with Gasteiger partial charge in [0.1, 0.15) is 5.75 Å². The number of rotatable bonds is 6. The first-order valence-corrected chi connectivity index (χ1v) is 8.21. The predicted octanol–water partition coefficient (Wildman–Crippen LogP) is 2.77. The van der Waals surface area contributed by atoms with Crippen molar-refractivity contribution in [2.45, 2.75) is 45.1 Å². The van der Waals surface area contributed by atoms with E-state index in [1.165, 1.54) is 19.2 Å². The van der Waals surface area contributed by atoms with Crippen molar-refractivity contribution in [3.8, 4) is 5.75 Å². The number of nitrogens with zero attached hydrogens (tertiary/aromatic N) is 2. The van der Waals surface area contributed by atoms with Gasteiger partial charge in [-0.2, -0.15) is 0 Å². The molecule has 1 aromatic rings. The van der Waals surface area contributed by atoms with Crippen LogP contribution in [0, 0.1) is 17.0 Å². The van der Waals surface area contributed by atoms with Gasteiger partial charge in [-0.05, 0) is 38.7 Å². The van der Waals surface area contributed by atoms with E-state index in [-0.39, 0.29) is 35.4 Å². The van der Waals surface area contributed by atoms with Crippen LogP contribution in [0.4, 0.5) is 5.69 Å². The number of carbonyl (C=O) groups excluding carboxylic acids is 1. The second-order valence-electron chi connectivity index (χ2n) is 6.16. The Morgan fingerprint density at radius 1 is 1.40 bits per heavy atom. The van der Waals surface area contributed by atoms with Gasteiger partial charge in [0.25, 0.3) is 11.6 Å². The second-order valence-corrected chi connectivity index (χ2v) is 6.16. The second kappa shape index (κ2) is 7.96. The topological polar surface area (TPSA) is 110 Å². The van der Waals surface area contributed by atoms with Crippen LogP contribution in [-0.2, 0) is 4.79 Å². The maximum Gasteiger partial charge on any atom is 0.303 e. The van der Waals surface area contributed by atoms with Gasteiger partial charge in [-0.1, -0.05) is 0 Å². The first kappa shape index (κ1) is 18.7. The number of carboxylic acids is 1. The fraction of sp³-hybridized carbons (Fsp3) is 0.529. The monoisotopic (exact) mass is 350 g/mol. The average Bonchev–Trinajstić information content (AvgIpc) is 2.59. The first-order chi connectivity index (χ1) is 11.8. The summed E-state index contributed by atoms with van der Waals surface area (Å²) < 4.78 is 5.17. The Kier molecular flexibility index (Phi) is 5.95. The van der Waals surface area contributed by atoms with Crippen LogP contribution in [0.5, 0.6) is 5.75 Å². The van der Waals surface area contributed by atoms with E-state index in [1.807, 2.05) is 0 Å². The number of benzene rings is 1. The third-order valence-corrected chi connectivity index (χ3v) is 4.58. The summed E-state index contributed by atoms with van der Waals surface area (Å²) in [4.78, 5) is 36.1. The van der Waals surface area contributed by atoms with E-state index in [0.717, 1.165) is 19.3 Å². The van der Waals surface area contributed by atoms with Crippen LogP contribution in [0.2, 0.25) is 0 Å². The summed E-state index contributed by atoms with van der Waals surface area (Å²) in [7, 11) is 1.40. The van der Waals surface area contributed by atoms with Crippen LogP contribution in [-0.4, -0.2) is 46.5 Å². The van der Waals surface area contributed by atoms with Crippen LogP contribution >= 0.6 is 0 Å². The Morgan fingerprint density at radius 3 is 2.72 bits per heavy atom. The molecule has 0 aromatic heterocycles. The zero-order chi connectivity index (χ0) is 18.6. The number of amides is 1. The summed E-state index contributed by atoms with van der Waals surface area (Å²) >= 11 is 0. The highest BCUT2D eigenvalue weighted by Gasteiger charge is 2.29. The van der Waals surface area contributed by atoms with Gasteiger partial charge in [0.05, 0.1) is 23.2 Å². The SMILES string of the molecule is COc1cc(C(=O)N2CCCCC2CCC(=O)O)cc([N+](=O)[O-])c1C. The largest absolute Gasteiger partial charge is 0.496 e.